The van der Waals surface area contributed by atoms with Gasteiger partial charge >= 0.3 is 0 Å². The number of nitrogens with two attached hydrogens (primary N) is 1. The van der Waals surface area contributed by atoms with Gasteiger partial charge < -0.3 is 5.73 Å². The molecule has 1 aliphatic carbocycles. The van der Waals surface area contributed by atoms with E-state index in [0.29, 0.717) is 5.56 Å². The molecular weight excluding hydrogens is 277 g/mol. The fraction of sp³-hybridized carbons (Fsp3) is 0.188. The monoisotopic (exact) mass is 291 g/mol. The molecule has 3 rings (SSSR count). The van der Waals surface area contributed by atoms with E-state index in [1.165, 1.54) is 54.7 Å². The van der Waals surface area contributed by atoms with Crippen molar-refractivity contribution >= 4 is 17.5 Å². The Morgan fingerprint density at radius 2 is 1.70 bits per heavy atom. The lowest BCUT2D eigenvalue weighted by Gasteiger charge is -1.96. The number of rotatable bonds is 1. The number of carbonyl (C=O) groups excluding carboxylic acids is 1. The Labute approximate surface area is 122 Å². The van der Waals surface area contributed by atoms with Gasteiger partial charge in [0.1, 0.15) is 5.82 Å². The van der Waals surface area contributed by atoms with E-state index in [9.17, 15) is 9.18 Å². The summed E-state index contributed by atoms with van der Waals surface area (Å²) in [6, 6.07) is 11.3. The van der Waals surface area contributed by atoms with Gasteiger partial charge in [-0.25, -0.2) is 4.39 Å². The van der Waals surface area contributed by atoms with Gasteiger partial charge in [0.15, 0.2) is 0 Å². The third-order valence-electron chi connectivity index (χ3n) is 3.19. The molecule has 0 saturated carbocycles. The number of halogens is 2. The van der Waals surface area contributed by atoms with Crippen LogP contribution in [0.1, 0.15) is 27.9 Å². The van der Waals surface area contributed by atoms with E-state index < -0.39 is 5.91 Å². The first-order valence-electron chi connectivity index (χ1n) is 6.39. The molecule has 0 fully saturated rings. The first-order chi connectivity index (χ1) is 9.56. The lowest BCUT2D eigenvalue weighted by Crippen LogP contribution is -2.10. The summed E-state index contributed by atoms with van der Waals surface area (Å²) in [5.74, 6) is -0.912. The first kappa shape index (κ1) is 14.5. The van der Waals surface area contributed by atoms with Gasteiger partial charge in [0.2, 0.25) is 5.91 Å². The highest BCUT2D eigenvalue weighted by Gasteiger charge is 2.09. The lowest BCUT2D eigenvalue weighted by molar-refractivity contribution is 0.100. The van der Waals surface area contributed by atoms with Crippen molar-refractivity contribution in [3.63, 3.8) is 0 Å². The summed E-state index contributed by atoms with van der Waals surface area (Å²) in [5.41, 5.74) is 8.16. The van der Waals surface area contributed by atoms with E-state index in [1.54, 1.807) is 0 Å². The normalized spacial score (nSPS) is 12.3. The number of aryl methyl sites for hydroxylation is 2. The highest BCUT2D eigenvalue weighted by Crippen LogP contribution is 2.24. The van der Waals surface area contributed by atoms with Crippen LogP contribution >= 0.6 is 11.6 Å². The van der Waals surface area contributed by atoms with Crippen LogP contribution in [-0.2, 0) is 12.8 Å². The molecule has 1 amide bonds. The van der Waals surface area contributed by atoms with Gasteiger partial charge in [-0.05, 0) is 66.8 Å². The number of fused-ring (bicyclic) bond motifs is 1. The molecule has 0 aromatic heterocycles. The van der Waals surface area contributed by atoms with Gasteiger partial charge in [0.05, 0.1) is 0 Å². The summed E-state index contributed by atoms with van der Waals surface area (Å²) < 4.78 is 12.2. The molecule has 2 aromatic rings. The molecule has 0 atom stereocenters. The van der Waals surface area contributed by atoms with Crippen molar-refractivity contribution in [2.75, 3.05) is 0 Å². The molecular formula is C16H15ClFNO. The molecule has 4 heteroatoms. The Kier molecular flexibility index (Phi) is 4.74. The fourth-order valence-electron chi connectivity index (χ4n) is 2.15. The van der Waals surface area contributed by atoms with Gasteiger partial charge in [0.25, 0.3) is 0 Å². The second-order valence-electron chi connectivity index (χ2n) is 4.64. The summed E-state index contributed by atoms with van der Waals surface area (Å²) in [6.45, 7) is 0. The van der Waals surface area contributed by atoms with E-state index in [1.807, 2.05) is 6.07 Å². The molecule has 2 nitrogen and oxygen atoms in total. The maximum Gasteiger partial charge on any atom is 0.248 e. The Bertz CT molecular complexity index is 610. The molecule has 0 unspecified atom stereocenters. The average molecular weight is 292 g/mol. The van der Waals surface area contributed by atoms with Crippen LogP contribution in [0.25, 0.3) is 0 Å². The molecule has 20 heavy (non-hydrogen) atoms. The Morgan fingerprint density at radius 1 is 1.05 bits per heavy atom. The van der Waals surface area contributed by atoms with Gasteiger partial charge in [-0.3, -0.25) is 4.79 Å². The Balaban J connectivity index is 0.000000147. The van der Waals surface area contributed by atoms with Crippen molar-refractivity contribution in [2.45, 2.75) is 19.3 Å². The molecule has 0 spiro atoms. The van der Waals surface area contributed by atoms with Crippen LogP contribution in [0.15, 0.2) is 42.5 Å². The second-order valence-corrected chi connectivity index (χ2v) is 5.07. The van der Waals surface area contributed by atoms with E-state index >= 15 is 0 Å². The SMILES string of the molecule is Clc1ccc2c(c1)CCC2.NC(=O)c1ccc(F)cc1. The molecule has 2 aromatic carbocycles. The van der Waals surface area contributed by atoms with Crippen LogP contribution in [-0.4, -0.2) is 5.91 Å². The van der Waals surface area contributed by atoms with Crippen LogP contribution in [0, 0.1) is 5.82 Å². The third kappa shape index (κ3) is 3.81. The van der Waals surface area contributed by atoms with Crippen molar-refractivity contribution in [3.05, 3.63) is 70.0 Å². The lowest BCUT2D eigenvalue weighted by atomic mass is 10.1. The maximum atomic E-state index is 12.2. The Morgan fingerprint density at radius 3 is 2.35 bits per heavy atom. The van der Waals surface area contributed by atoms with Gasteiger partial charge in [-0.1, -0.05) is 17.7 Å². The average Bonchev–Trinajstić information content (AvgIpc) is 2.87. The minimum atomic E-state index is -0.542. The number of carbonyl (C=O) groups is 1. The molecule has 0 radical (unpaired) electrons. The van der Waals surface area contributed by atoms with Crippen LogP contribution in [0.3, 0.4) is 0 Å². The van der Waals surface area contributed by atoms with E-state index in [0.717, 1.165) is 5.02 Å². The fourth-order valence-corrected chi connectivity index (χ4v) is 2.35. The van der Waals surface area contributed by atoms with Gasteiger partial charge in [-0.2, -0.15) is 0 Å². The smallest absolute Gasteiger partial charge is 0.248 e. The summed E-state index contributed by atoms with van der Waals surface area (Å²) in [6.07, 6.45) is 3.76. The topological polar surface area (TPSA) is 43.1 Å². The molecule has 0 saturated heterocycles. The molecule has 0 heterocycles. The molecule has 0 bridgehead atoms. The van der Waals surface area contributed by atoms with Crippen molar-refractivity contribution in [3.8, 4) is 0 Å². The number of hydrogen-bond donors (Lipinski definition) is 1. The third-order valence-corrected chi connectivity index (χ3v) is 3.42. The van der Waals surface area contributed by atoms with Crippen molar-refractivity contribution in [1.29, 1.82) is 0 Å². The largest absolute Gasteiger partial charge is 0.366 e. The molecule has 2 N–H and O–H groups in total. The van der Waals surface area contributed by atoms with Gasteiger partial charge in [0, 0.05) is 10.6 Å². The number of hydrogen-bond acceptors (Lipinski definition) is 1. The van der Waals surface area contributed by atoms with Crippen LogP contribution in [0.4, 0.5) is 4.39 Å². The highest BCUT2D eigenvalue weighted by molar-refractivity contribution is 6.30. The van der Waals surface area contributed by atoms with E-state index in [-0.39, 0.29) is 5.82 Å². The van der Waals surface area contributed by atoms with Crippen molar-refractivity contribution < 1.29 is 9.18 Å². The van der Waals surface area contributed by atoms with Gasteiger partial charge in [-0.15, -0.1) is 0 Å². The molecule has 0 aliphatic heterocycles. The van der Waals surface area contributed by atoms with E-state index in [4.69, 9.17) is 17.3 Å². The van der Waals surface area contributed by atoms with Crippen LogP contribution < -0.4 is 5.73 Å². The molecule has 104 valence electrons. The summed E-state index contributed by atoms with van der Waals surface area (Å²) in [7, 11) is 0. The zero-order chi connectivity index (χ0) is 14.5. The quantitative estimate of drug-likeness (QED) is 0.854. The van der Waals surface area contributed by atoms with E-state index in [2.05, 4.69) is 12.1 Å². The summed E-state index contributed by atoms with van der Waals surface area (Å²) in [5, 5.41) is 0.876. The molecule has 1 aliphatic rings. The zero-order valence-electron chi connectivity index (χ0n) is 10.9. The standard InChI is InChI=1S/C9H9Cl.C7H6FNO/c10-9-5-4-7-2-1-3-8(7)6-9;8-6-3-1-5(2-4-6)7(9)10/h4-6H,1-3H2;1-4H,(H2,9,10). The minimum Gasteiger partial charge on any atom is -0.366 e. The number of amides is 1. The predicted molar refractivity (Wildman–Crippen MR) is 78.4 cm³/mol. The zero-order valence-corrected chi connectivity index (χ0v) is 11.7. The maximum absolute atomic E-state index is 12.2. The minimum absolute atomic E-state index is 0.321. The highest BCUT2D eigenvalue weighted by atomic mass is 35.5. The number of benzene rings is 2. The van der Waals surface area contributed by atoms with Crippen molar-refractivity contribution in [2.24, 2.45) is 5.73 Å². The second kappa shape index (κ2) is 6.53. The summed E-state index contributed by atoms with van der Waals surface area (Å²) in [4.78, 5) is 10.4. The van der Waals surface area contributed by atoms with Crippen LogP contribution in [0.2, 0.25) is 5.02 Å². The predicted octanol–water partition coefficient (Wildman–Crippen LogP) is 3.75. The Hall–Kier alpha value is -1.87. The summed E-state index contributed by atoms with van der Waals surface area (Å²) >= 11 is 5.82. The van der Waals surface area contributed by atoms with Crippen LogP contribution in [0.5, 0.6) is 0 Å². The first-order valence-corrected chi connectivity index (χ1v) is 6.77. The van der Waals surface area contributed by atoms with Crippen molar-refractivity contribution in [1.82, 2.24) is 0 Å². The number of primary amides is 1.